The van der Waals surface area contributed by atoms with Crippen molar-refractivity contribution in [1.29, 1.82) is 5.26 Å². The Balaban J connectivity index is 3.60. The van der Waals surface area contributed by atoms with Gasteiger partial charge in [0, 0.05) is 6.04 Å². The molecule has 0 fully saturated rings. The first-order chi connectivity index (χ1) is 11.8. The van der Waals surface area contributed by atoms with E-state index in [1.165, 1.54) is 0 Å². The summed E-state index contributed by atoms with van der Waals surface area (Å²) in [6, 6.07) is 12.4. The zero-order valence-electron chi connectivity index (χ0n) is 17.5. The SMILES string of the molecule is CCC(C(=O)O)C(C)(C)C(C)(C)C(c1ccccc1)N(C)C(C)(C)C#N. The third-order valence-electron chi connectivity index (χ3n) is 6.58. The Kier molecular flexibility index (Phi) is 6.65. The van der Waals surface area contributed by atoms with Crippen LogP contribution in [-0.2, 0) is 4.79 Å². The van der Waals surface area contributed by atoms with Crippen LogP contribution in [-0.4, -0.2) is 28.6 Å². The van der Waals surface area contributed by atoms with Crippen LogP contribution in [0, 0.1) is 28.1 Å². The smallest absolute Gasteiger partial charge is 0.307 e. The first kappa shape index (κ1) is 22.2. The number of hydrogen-bond donors (Lipinski definition) is 1. The number of aliphatic carboxylic acids is 1. The van der Waals surface area contributed by atoms with Crippen LogP contribution in [0.5, 0.6) is 0 Å². The van der Waals surface area contributed by atoms with Crippen molar-refractivity contribution in [2.45, 2.75) is 66.5 Å². The van der Waals surface area contributed by atoms with Crippen molar-refractivity contribution >= 4 is 5.97 Å². The van der Waals surface area contributed by atoms with Gasteiger partial charge in [-0.1, -0.05) is 65.0 Å². The normalized spacial score (nSPS) is 15.4. The molecular weight excluding hydrogens is 324 g/mol. The van der Waals surface area contributed by atoms with Gasteiger partial charge in [-0.3, -0.25) is 9.69 Å². The van der Waals surface area contributed by atoms with E-state index in [2.05, 4.69) is 36.9 Å². The molecule has 26 heavy (non-hydrogen) atoms. The van der Waals surface area contributed by atoms with Gasteiger partial charge in [-0.15, -0.1) is 0 Å². The third kappa shape index (κ3) is 3.94. The van der Waals surface area contributed by atoms with Crippen molar-refractivity contribution < 1.29 is 9.90 Å². The first-order valence-electron chi connectivity index (χ1n) is 9.26. The Labute approximate surface area is 158 Å². The van der Waals surface area contributed by atoms with Crippen molar-refractivity contribution in [3.8, 4) is 6.07 Å². The monoisotopic (exact) mass is 358 g/mol. The van der Waals surface area contributed by atoms with Gasteiger partial charge in [-0.05, 0) is 43.7 Å². The lowest BCUT2D eigenvalue weighted by molar-refractivity contribution is -0.153. The van der Waals surface area contributed by atoms with Gasteiger partial charge >= 0.3 is 5.97 Å². The summed E-state index contributed by atoms with van der Waals surface area (Å²) in [5, 5.41) is 19.5. The topological polar surface area (TPSA) is 64.3 Å². The molecule has 0 aliphatic heterocycles. The van der Waals surface area contributed by atoms with Gasteiger partial charge in [0.1, 0.15) is 5.54 Å². The molecule has 0 bridgehead atoms. The lowest BCUT2D eigenvalue weighted by Crippen LogP contribution is -2.54. The highest BCUT2D eigenvalue weighted by molar-refractivity contribution is 5.71. The van der Waals surface area contributed by atoms with Gasteiger partial charge in [0.25, 0.3) is 0 Å². The molecule has 1 aromatic carbocycles. The van der Waals surface area contributed by atoms with Crippen LogP contribution < -0.4 is 0 Å². The number of nitriles is 1. The summed E-state index contributed by atoms with van der Waals surface area (Å²) in [5.74, 6) is -1.23. The van der Waals surface area contributed by atoms with Crippen LogP contribution in [0.1, 0.15) is 66.5 Å². The quantitative estimate of drug-likeness (QED) is 0.700. The molecular formula is C22H34N2O2. The number of rotatable bonds is 8. The molecule has 0 aromatic heterocycles. The van der Waals surface area contributed by atoms with E-state index in [4.69, 9.17) is 0 Å². The molecule has 0 aliphatic carbocycles. The van der Waals surface area contributed by atoms with Gasteiger partial charge in [-0.2, -0.15) is 5.26 Å². The van der Waals surface area contributed by atoms with E-state index in [1.54, 1.807) is 0 Å². The van der Waals surface area contributed by atoms with E-state index in [1.807, 2.05) is 59.9 Å². The van der Waals surface area contributed by atoms with Crippen LogP contribution >= 0.6 is 0 Å². The van der Waals surface area contributed by atoms with Crippen molar-refractivity contribution in [3.63, 3.8) is 0 Å². The van der Waals surface area contributed by atoms with E-state index >= 15 is 0 Å². The Hall–Kier alpha value is -1.86. The summed E-state index contributed by atoms with van der Waals surface area (Å²) in [6.45, 7) is 14.1. The minimum absolute atomic E-state index is 0.109. The van der Waals surface area contributed by atoms with Crippen LogP contribution in [0.2, 0.25) is 0 Å². The number of carboxylic acid groups (broad SMARTS) is 1. The number of carboxylic acids is 1. The van der Waals surface area contributed by atoms with Crippen molar-refractivity contribution in [2.24, 2.45) is 16.7 Å². The van der Waals surface area contributed by atoms with E-state index < -0.39 is 28.3 Å². The number of benzene rings is 1. The summed E-state index contributed by atoms with van der Waals surface area (Å²) in [4.78, 5) is 14.0. The van der Waals surface area contributed by atoms with E-state index in [0.717, 1.165) is 5.56 Å². The molecule has 0 saturated heterocycles. The molecule has 0 amide bonds. The Morgan fingerprint density at radius 1 is 1.12 bits per heavy atom. The minimum atomic E-state index is -0.764. The fourth-order valence-electron chi connectivity index (χ4n) is 3.96. The molecule has 0 saturated carbocycles. The van der Waals surface area contributed by atoms with Gasteiger partial charge in [-0.25, -0.2) is 0 Å². The summed E-state index contributed by atoms with van der Waals surface area (Å²) in [5.41, 5.74) is -0.486. The lowest BCUT2D eigenvalue weighted by atomic mass is 9.56. The molecule has 1 N–H and O–H groups in total. The maximum absolute atomic E-state index is 11.9. The van der Waals surface area contributed by atoms with E-state index in [9.17, 15) is 15.2 Å². The number of hydrogen-bond acceptors (Lipinski definition) is 3. The molecule has 0 radical (unpaired) electrons. The predicted molar refractivity (Wildman–Crippen MR) is 106 cm³/mol. The Bertz CT molecular complexity index is 656. The molecule has 4 heteroatoms. The largest absolute Gasteiger partial charge is 0.481 e. The summed E-state index contributed by atoms with van der Waals surface area (Å²) < 4.78 is 0. The summed E-state index contributed by atoms with van der Waals surface area (Å²) in [6.07, 6.45) is 0.568. The highest BCUT2D eigenvalue weighted by Gasteiger charge is 2.52. The lowest BCUT2D eigenvalue weighted by Gasteiger charge is -2.54. The third-order valence-corrected chi connectivity index (χ3v) is 6.58. The van der Waals surface area contributed by atoms with Crippen LogP contribution in [0.25, 0.3) is 0 Å². The van der Waals surface area contributed by atoms with Gasteiger partial charge in [0.15, 0.2) is 0 Å². The van der Waals surface area contributed by atoms with Crippen LogP contribution in [0.3, 0.4) is 0 Å². The first-order valence-corrected chi connectivity index (χ1v) is 9.26. The molecule has 1 aromatic rings. The molecule has 0 heterocycles. The van der Waals surface area contributed by atoms with Crippen LogP contribution in [0.15, 0.2) is 30.3 Å². The van der Waals surface area contributed by atoms with Gasteiger partial charge in [0.2, 0.25) is 0 Å². The van der Waals surface area contributed by atoms with Gasteiger partial charge in [0.05, 0.1) is 12.0 Å². The van der Waals surface area contributed by atoms with E-state index in [0.29, 0.717) is 6.42 Å². The zero-order valence-corrected chi connectivity index (χ0v) is 17.5. The molecule has 4 nitrogen and oxygen atoms in total. The Morgan fingerprint density at radius 3 is 2.00 bits per heavy atom. The second-order valence-corrected chi connectivity index (χ2v) is 8.84. The molecule has 2 unspecified atom stereocenters. The number of carbonyl (C=O) groups is 1. The van der Waals surface area contributed by atoms with Gasteiger partial charge < -0.3 is 5.11 Å². The highest BCUT2D eigenvalue weighted by atomic mass is 16.4. The van der Waals surface area contributed by atoms with Crippen molar-refractivity contribution in [3.05, 3.63) is 35.9 Å². The Morgan fingerprint density at radius 2 is 1.62 bits per heavy atom. The van der Waals surface area contributed by atoms with E-state index in [-0.39, 0.29) is 6.04 Å². The molecule has 0 spiro atoms. The summed E-state index contributed by atoms with van der Waals surface area (Å²) >= 11 is 0. The second-order valence-electron chi connectivity index (χ2n) is 8.84. The standard InChI is InChI=1S/C22H34N2O2/c1-9-17(19(25)26)21(4,5)22(6,7)18(16-13-11-10-12-14-16)24(8)20(2,3)15-23/h10-14,17-18H,9H2,1-8H3,(H,25,26). The molecule has 0 aliphatic rings. The molecule has 2 atom stereocenters. The fraction of sp³-hybridized carbons (Fsp3) is 0.636. The average molecular weight is 359 g/mol. The number of nitrogens with zero attached hydrogens (tertiary/aromatic N) is 2. The molecule has 144 valence electrons. The second kappa shape index (κ2) is 7.80. The summed E-state index contributed by atoms with van der Waals surface area (Å²) in [7, 11) is 1.96. The van der Waals surface area contributed by atoms with Crippen molar-refractivity contribution in [2.75, 3.05) is 7.05 Å². The average Bonchev–Trinajstić information content (AvgIpc) is 2.55. The van der Waals surface area contributed by atoms with Crippen LogP contribution in [0.4, 0.5) is 0 Å². The maximum atomic E-state index is 11.9. The maximum Gasteiger partial charge on any atom is 0.307 e. The molecule has 1 rings (SSSR count). The zero-order chi connectivity index (χ0) is 20.3. The minimum Gasteiger partial charge on any atom is -0.481 e. The predicted octanol–water partition coefficient (Wildman–Crippen LogP) is 5.12. The highest BCUT2D eigenvalue weighted by Crippen LogP contribution is 2.55. The fourth-order valence-corrected chi connectivity index (χ4v) is 3.96. The van der Waals surface area contributed by atoms with Crippen molar-refractivity contribution in [1.82, 2.24) is 4.90 Å².